The van der Waals surface area contributed by atoms with Crippen molar-refractivity contribution in [2.75, 3.05) is 5.32 Å². The highest BCUT2D eigenvalue weighted by Crippen LogP contribution is 2.11. The van der Waals surface area contributed by atoms with Crippen molar-refractivity contribution in [3.63, 3.8) is 0 Å². The molecule has 4 nitrogen and oxygen atoms in total. The first-order valence-electron chi connectivity index (χ1n) is 4.85. The lowest BCUT2D eigenvalue weighted by Gasteiger charge is -1.99. The van der Waals surface area contributed by atoms with E-state index in [-0.39, 0.29) is 0 Å². The molecule has 2 aromatic heterocycles. The molecule has 0 fully saturated rings. The fourth-order valence-electron chi connectivity index (χ4n) is 1.14. The van der Waals surface area contributed by atoms with Crippen molar-refractivity contribution in [1.82, 2.24) is 14.3 Å². The largest absolute Gasteiger partial charge is 0.355 e. The molecule has 0 saturated carbocycles. The summed E-state index contributed by atoms with van der Waals surface area (Å²) in [6.45, 7) is 2.74. The number of hydrogen-bond acceptors (Lipinski definition) is 5. The smallest absolute Gasteiger partial charge is 0.202 e. The van der Waals surface area contributed by atoms with E-state index in [0.717, 1.165) is 23.1 Å². The van der Waals surface area contributed by atoms with Gasteiger partial charge in [-0.25, -0.2) is 4.98 Å². The fraction of sp³-hybridized carbons (Fsp3) is 0.300. The van der Waals surface area contributed by atoms with E-state index in [2.05, 4.69) is 19.7 Å². The third-order valence-corrected chi connectivity index (χ3v) is 2.64. The van der Waals surface area contributed by atoms with Crippen molar-refractivity contribution >= 4 is 16.7 Å². The maximum Gasteiger partial charge on any atom is 0.202 e. The first-order chi connectivity index (χ1) is 7.38. The van der Waals surface area contributed by atoms with Crippen LogP contribution in [0.15, 0.2) is 24.4 Å². The minimum absolute atomic E-state index is 0.694. The van der Waals surface area contributed by atoms with E-state index in [1.165, 1.54) is 11.5 Å². The Hall–Kier alpha value is -1.49. The van der Waals surface area contributed by atoms with Crippen LogP contribution in [0.3, 0.4) is 0 Å². The van der Waals surface area contributed by atoms with Gasteiger partial charge in [-0.3, -0.25) is 4.98 Å². The number of aryl methyl sites for hydroxylation is 1. The van der Waals surface area contributed by atoms with Gasteiger partial charge in [0.15, 0.2) is 0 Å². The van der Waals surface area contributed by atoms with E-state index in [1.54, 1.807) is 6.20 Å². The fourth-order valence-corrected chi connectivity index (χ4v) is 1.78. The van der Waals surface area contributed by atoms with Gasteiger partial charge < -0.3 is 5.32 Å². The van der Waals surface area contributed by atoms with Crippen molar-refractivity contribution in [2.24, 2.45) is 0 Å². The summed E-state index contributed by atoms with van der Waals surface area (Å²) < 4.78 is 4.19. The van der Waals surface area contributed by atoms with E-state index in [4.69, 9.17) is 0 Å². The zero-order valence-electron chi connectivity index (χ0n) is 8.47. The van der Waals surface area contributed by atoms with Gasteiger partial charge in [-0.2, -0.15) is 4.37 Å². The van der Waals surface area contributed by atoms with Crippen molar-refractivity contribution < 1.29 is 0 Å². The van der Waals surface area contributed by atoms with Crippen LogP contribution in [-0.4, -0.2) is 14.3 Å². The second-order valence-electron chi connectivity index (χ2n) is 3.04. The van der Waals surface area contributed by atoms with Gasteiger partial charge >= 0.3 is 0 Å². The SMILES string of the molecule is CCc1nsc(NCc2ccccn2)n1. The molecule has 2 rings (SSSR count). The van der Waals surface area contributed by atoms with Crippen molar-refractivity contribution in [2.45, 2.75) is 19.9 Å². The predicted octanol–water partition coefficient (Wildman–Crippen LogP) is 2.11. The van der Waals surface area contributed by atoms with Crippen LogP contribution in [0.5, 0.6) is 0 Å². The van der Waals surface area contributed by atoms with Gasteiger partial charge in [0.05, 0.1) is 12.2 Å². The molecule has 78 valence electrons. The standard InChI is InChI=1S/C10H12N4S/c1-2-9-13-10(15-14-9)12-7-8-5-3-4-6-11-8/h3-6H,2,7H2,1H3,(H,12,13,14). The summed E-state index contributed by atoms with van der Waals surface area (Å²) in [4.78, 5) is 8.53. The zero-order chi connectivity index (χ0) is 10.5. The molecular formula is C10H12N4S. The second-order valence-corrected chi connectivity index (χ2v) is 3.80. The van der Waals surface area contributed by atoms with Crippen LogP contribution in [0.25, 0.3) is 0 Å². The van der Waals surface area contributed by atoms with Gasteiger partial charge in [0.25, 0.3) is 0 Å². The third-order valence-electron chi connectivity index (χ3n) is 1.93. The van der Waals surface area contributed by atoms with Crippen molar-refractivity contribution in [1.29, 1.82) is 0 Å². The van der Waals surface area contributed by atoms with E-state index in [0.29, 0.717) is 6.54 Å². The molecule has 1 N–H and O–H groups in total. The molecule has 2 heterocycles. The van der Waals surface area contributed by atoms with Crippen LogP contribution in [0.1, 0.15) is 18.4 Å². The molecule has 2 aromatic rings. The van der Waals surface area contributed by atoms with Crippen LogP contribution in [0.4, 0.5) is 5.13 Å². The summed E-state index contributed by atoms with van der Waals surface area (Å²) in [5.74, 6) is 0.892. The molecule has 0 bridgehead atoms. The summed E-state index contributed by atoms with van der Waals surface area (Å²) >= 11 is 1.39. The van der Waals surface area contributed by atoms with Crippen LogP contribution >= 0.6 is 11.5 Å². The number of nitrogens with zero attached hydrogens (tertiary/aromatic N) is 3. The number of hydrogen-bond donors (Lipinski definition) is 1. The highest BCUT2D eigenvalue weighted by Gasteiger charge is 2.01. The Balaban J connectivity index is 1.93. The molecule has 0 saturated heterocycles. The van der Waals surface area contributed by atoms with Crippen LogP contribution < -0.4 is 5.32 Å². The molecule has 0 radical (unpaired) electrons. The Bertz CT molecular complexity index is 412. The molecular weight excluding hydrogens is 208 g/mol. The lowest BCUT2D eigenvalue weighted by molar-refractivity contribution is 0.984. The number of aromatic nitrogens is 3. The monoisotopic (exact) mass is 220 g/mol. The van der Waals surface area contributed by atoms with E-state index < -0.39 is 0 Å². The third kappa shape index (κ3) is 2.73. The number of nitrogens with one attached hydrogen (secondary N) is 1. The average Bonchev–Trinajstić information content (AvgIpc) is 2.76. The Morgan fingerprint density at radius 3 is 3.00 bits per heavy atom. The van der Waals surface area contributed by atoms with Crippen molar-refractivity contribution in [3.8, 4) is 0 Å². The van der Waals surface area contributed by atoms with Crippen molar-refractivity contribution in [3.05, 3.63) is 35.9 Å². The summed E-state index contributed by atoms with van der Waals surface area (Å²) in [5.41, 5.74) is 1.01. The van der Waals surface area contributed by atoms with E-state index in [1.807, 2.05) is 25.1 Å². The first-order valence-corrected chi connectivity index (χ1v) is 5.62. The predicted molar refractivity (Wildman–Crippen MR) is 60.9 cm³/mol. The van der Waals surface area contributed by atoms with Gasteiger partial charge in [-0.05, 0) is 12.1 Å². The minimum atomic E-state index is 0.694. The van der Waals surface area contributed by atoms with Crippen LogP contribution in [0, 0.1) is 0 Å². The minimum Gasteiger partial charge on any atom is -0.355 e. The molecule has 0 aliphatic heterocycles. The summed E-state index contributed by atoms with van der Waals surface area (Å²) in [5, 5.41) is 4.06. The zero-order valence-corrected chi connectivity index (χ0v) is 9.29. The Labute approximate surface area is 92.6 Å². The molecule has 0 unspecified atom stereocenters. The lowest BCUT2D eigenvalue weighted by Crippen LogP contribution is -2.00. The molecule has 0 aromatic carbocycles. The molecule has 0 atom stereocenters. The summed E-state index contributed by atoms with van der Waals surface area (Å²) in [6.07, 6.45) is 2.66. The van der Waals surface area contributed by atoms with Crippen LogP contribution in [-0.2, 0) is 13.0 Å². The van der Waals surface area contributed by atoms with E-state index >= 15 is 0 Å². The lowest BCUT2D eigenvalue weighted by atomic mass is 10.3. The topological polar surface area (TPSA) is 50.7 Å². The Morgan fingerprint density at radius 2 is 2.33 bits per heavy atom. The highest BCUT2D eigenvalue weighted by molar-refractivity contribution is 7.09. The van der Waals surface area contributed by atoms with Crippen LogP contribution in [0.2, 0.25) is 0 Å². The Kier molecular flexibility index (Phi) is 3.24. The maximum absolute atomic E-state index is 4.31. The first kappa shape index (κ1) is 10.0. The Morgan fingerprint density at radius 1 is 1.40 bits per heavy atom. The normalized spacial score (nSPS) is 10.2. The van der Waals surface area contributed by atoms with Gasteiger partial charge in [0, 0.05) is 24.2 Å². The summed E-state index contributed by atoms with van der Waals surface area (Å²) in [6, 6.07) is 5.86. The molecule has 15 heavy (non-hydrogen) atoms. The highest BCUT2D eigenvalue weighted by atomic mass is 32.1. The summed E-state index contributed by atoms with van der Waals surface area (Å²) in [7, 11) is 0. The maximum atomic E-state index is 4.31. The molecule has 0 spiro atoms. The second kappa shape index (κ2) is 4.84. The average molecular weight is 220 g/mol. The molecule has 0 aliphatic rings. The number of anilines is 1. The van der Waals surface area contributed by atoms with E-state index in [9.17, 15) is 0 Å². The van der Waals surface area contributed by atoms with Gasteiger partial charge in [0.2, 0.25) is 5.13 Å². The quantitative estimate of drug-likeness (QED) is 0.857. The van der Waals surface area contributed by atoms with Gasteiger partial charge in [-0.15, -0.1) is 0 Å². The number of rotatable bonds is 4. The molecule has 0 amide bonds. The number of pyridine rings is 1. The molecule has 5 heteroatoms. The van der Waals surface area contributed by atoms with Gasteiger partial charge in [0.1, 0.15) is 5.82 Å². The molecule has 0 aliphatic carbocycles. The van der Waals surface area contributed by atoms with Gasteiger partial charge in [-0.1, -0.05) is 13.0 Å².